The highest BCUT2D eigenvalue weighted by Gasteiger charge is 2.40. The smallest absolute Gasteiger partial charge is 0.326 e. The number of anilines is 3. The predicted molar refractivity (Wildman–Crippen MR) is 151 cm³/mol. The highest BCUT2D eigenvalue weighted by atomic mass is 32.2. The van der Waals surface area contributed by atoms with Crippen molar-refractivity contribution in [2.45, 2.75) is 52.4 Å². The first-order chi connectivity index (χ1) is 18.9. The van der Waals surface area contributed by atoms with Crippen molar-refractivity contribution in [1.29, 1.82) is 0 Å². The molecule has 214 valence electrons. The van der Waals surface area contributed by atoms with E-state index >= 15 is 4.39 Å². The fourth-order valence-electron chi connectivity index (χ4n) is 4.66. The number of fused-ring (bicyclic) bond motifs is 1. The molecule has 0 spiro atoms. The number of nitrogens with one attached hydrogen (secondary N) is 1. The molecule has 5 rings (SSSR count). The third kappa shape index (κ3) is 5.83. The lowest BCUT2D eigenvalue weighted by Crippen LogP contribution is -2.31. The van der Waals surface area contributed by atoms with E-state index in [1.54, 1.807) is 17.7 Å². The first-order valence-corrected chi connectivity index (χ1v) is 18.2. The fourth-order valence-corrected chi connectivity index (χ4v) is 6.57. The van der Waals surface area contributed by atoms with Crippen molar-refractivity contribution >= 4 is 41.5 Å². The molecule has 1 saturated heterocycles. The first-order valence-electron chi connectivity index (χ1n) is 13.0. The lowest BCUT2D eigenvalue weighted by molar-refractivity contribution is -0.117. The summed E-state index contributed by atoms with van der Waals surface area (Å²) < 4.78 is 57.8. The van der Waals surface area contributed by atoms with Gasteiger partial charge in [0.1, 0.15) is 37.1 Å². The van der Waals surface area contributed by atoms with Crippen molar-refractivity contribution in [3.05, 3.63) is 59.2 Å². The fraction of sp³-hybridized carbons (Fsp3) is 0.423. The first kappa shape index (κ1) is 28.1. The molecule has 14 heteroatoms. The molecule has 0 bridgehead atoms. The van der Waals surface area contributed by atoms with Crippen LogP contribution in [-0.4, -0.2) is 56.9 Å². The minimum atomic E-state index is -4.27. The zero-order chi connectivity index (χ0) is 28.7. The average molecular weight is 589 g/mol. The number of amides is 1. The van der Waals surface area contributed by atoms with Crippen LogP contribution in [0.25, 0.3) is 0 Å². The second kappa shape index (κ2) is 10.8. The Labute approximate surface area is 234 Å². The topological polar surface area (TPSA) is 119 Å². The number of ether oxygens (including phenoxy) is 2. The van der Waals surface area contributed by atoms with Crippen molar-refractivity contribution in [1.82, 2.24) is 19.5 Å². The lowest BCUT2D eigenvalue weighted by Gasteiger charge is -2.24. The second-order valence-electron chi connectivity index (χ2n) is 11.1. The maximum absolute atomic E-state index is 16.2. The van der Waals surface area contributed by atoms with E-state index in [4.69, 9.17) is 9.47 Å². The van der Waals surface area contributed by atoms with E-state index in [-0.39, 0.29) is 24.8 Å². The SMILES string of the molecule is Cc1nc(N2CCc3c2cc(OCc2ccccc2)c(N2CC(=O)NS2(=O)=O)c3F)n(COCC[Si](C)(C)C)n1. The van der Waals surface area contributed by atoms with Crippen LogP contribution in [0.1, 0.15) is 17.0 Å². The maximum atomic E-state index is 16.2. The van der Waals surface area contributed by atoms with Gasteiger partial charge in [0.2, 0.25) is 5.95 Å². The van der Waals surface area contributed by atoms with Crippen LogP contribution >= 0.6 is 0 Å². The van der Waals surface area contributed by atoms with Crippen LogP contribution in [0.2, 0.25) is 25.7 Å². The molecule has 3 heterocycles. The summed E-state index contributed by atoms with van der Waals surface area (Å²) in [6.45, 7) is 9.35. The number of benzene rings is 2. The molecule has 0 aliphatic carbocycles. The lowest BCUT2D eigenvalue weighted by atomic mass is 10.1. The molecule has 1 amide bonds. The number of aromatic nitrogens is 3. The molecule has 2 aliphatic rings. The van der Waals surface area contributed by atoms with Gasteiger partial charge in [0, 0.05) is 32.9 Å². The summed E-state index contributed by atoms with van der Waals surface area (Å²) in [6, 6.07) is 11.9. The van der Waals surface area contributed by atoms with Gasteiger partial charge in [-0.15, -0.1) is 0 Å². The molecule has 2 aliphatic heterocycles. The van der Waals surface area contributed by atoms with Gasteiger partial charge in [-0.1, -0.05) is 50.0 Å². The van der Waals surface area contributed by atoms with Crippen molar-refractivity contribution in [3.8, 4) is 5.75 Å². The number of hydrogen-bond acceptors (Lipinski definition) is 8. The molecule has 0 unspecified atom stereocenters. The van der Waals surface area contributed by atoms with Gasteiger partial charge in [0.05, 0.1) is 5.69 Å². The minimum Gasteiger partial charge on any atom is -0.487 e. The Morgan fingerprint density at radius 2 is 1.93 bits per heavy atom. The second-order valence-corrected chi connectivity index (χ2v) is 18.3. The Bertz CT molecular complexity index is 1530. The molecule has 0 saturated carbocycles. The van der Waals surface area contributed by atoms with Gasteiger partial charge in [-0.25, -0.2) is 18.1 Å². The van der Waals surface area contributed by atoms with Gasteiger partial charge >= 0.3 is 10.2 Å². The van der Waals surface area contributed by atoms with Crippen molar-refractivity contribution < 1.29 is 27.1 Å². The molecular weight excluding hydrogens is 555 g/mol. The van der Waals surface area contributed by atoms with Gasteiger partial charge in [0.25, 0.3) is 5.91 Å². The minimum absolute atomic E-state index is 0.00116. The molecule has 0 atom stereocenters. The molecule has 1 aromatic heterocycles. The van der Waals surface area contributed by atoms with Gasteiger partial charge in [-0.2, -0.15) is 18.5 Å². The molecule has 2 aromatic carbocycles. The van der Waals surface area contributed by atoms with Crippen LogP contribution < -0.4 is 18.7 Å². The van der Waals surface area contributed by atoms with Crippen molar-refractivity contribution in [3.63, 3.8) is 0 Å². The van der Waals surface area contributed by atoms with Crippen LogP contribution in [0.4, 0.5) is 21.7 Å². The Balaban J connectivity index is 1.51. The van der Waals surface area contributed by atoms with Crippen LogP contribution in [0.15, 0.2) is 36.4 Å². The van der Waals surface area contributed by atoms with Crippen LogP contribution in [0.5, 0.6) is 5.75 Å². The van der Waals surface area contributed by atoms with Gasteiger partial charge in [-0.3, -0.25) is 4.79 Å². The Kier molecular flexibility index (Phi) is 7.59. The maximum Gasteiger partial charge on any atom is 0.326 e. The van der Waals surface area contributed by atoms with E-state index in [0.717, 1.165) is 15.9 Å². The highest BCUT2D eigenvalue weighted by molar-refractivity contribution is 7.92. The summed E-state index contributed by atoms with van der Waals surface area (Å²) in [7, 11) is -5.53. The predicted octanol–water partition coefficient (Wildman–Crippen LogP) is 3.49. The standard InChI is InChI=1S/C26H33FN6O5SSi/c1-18-28-26(32(29-18)17-37-12-13-40(2,3)4)31-11-10-20-21(31)14-22(38-16-19-8-6-5-7-9-19)25(24(20)27)33-15-23(34)30-39(33,35)36/h5-9,14H,10-13,15-17H2,1-4H3,(H,30,34). The van der Waals surface area contributed by atoms with Crippen molar-refractivity contribution in [2.24, 2.45) is 0 Å². The average Bonchev–Trinajstić information content (AvgIpc) is 3.54. The third-order valence-corrected chi connectivity index (χ3v) is 9.76. The summed E-state index contributed by atoms with van der Waals surface area (Å²) in [5, 5.41) is 4.48. The largest absolute Gasteiger partial charge is 0.487 e. The van der Waals surface area contributed by atoms with Gasteiger partial charge < -0.3 is 14.4 Å². The van der Waals surface area contributed by atoms with E-state index in [9.17, 15) is 13.2 Å². The molecule has 0 radical (unpaired) electrons. The quantitative estimate of drug-likeness (QED) is 0.283. The number of nitrogens with zero attached hydrogens (tertiary/aromatic N) is 5. The van der Waals surface area contributed by atoms with E-state index in [1.165, 1.54) is 0 Å². The zero-order valence-corrected chi connectivity index (χ0v) is 24.8. The number of rotatable bonds is 10. The summed E-state index contributed by atoms with van der Waals surface area (Å²) in [4.78, 5) is 18.4. The van der Waals surface area contributed by atoms with Crippen LogP contribution in [0.3, 0.4) is 0 Å². The van der Waals surface area contributed by atoms with Gasteiger partial charge in [0.15, 0.2) is 5.82 Å². The Hall–Kier alpha value is -3.49. The normalized spacial score (nSPS) is 16.4. The number of carbonyl (C=O) groups excluding carboxylic acids is 1. The number of hydrogen-bond donors (Lipinski definition) is 1. The summed E-state index contributed by atoms with van der Waals surface area (Å²) in [6.07, 6.45) is 0.296. The number of aryl methyl sites for hydroxylation is 1. The molecule has 1 N–H and O–H groups in total. The number of halogens is 1. The summed E-state index contributed by atoms with van der Waals surface area (Å²) >= 11 is 0. The van der Waals surface area contributed by atoms with Gasteiger partial charge in [-0.05, 0) is 25.0 Å². The molecule has 11 nitrogen and oxygen atoms in total. The van der Waals surface area contributed by atoms with Crippen LogP contribution in [0, 0.1) is 12.7 Å². The Morgan fingerprint density at radius 3 is 2.60 bits per heavy atom. The summed E-state index contributed by atoms with van der Waals surface area (Å²) in [5.41, 5.74) is 1.33. The monoisotopic (exact) mass is 588 g/mol. The number of carbonyl (C=O) groups is 1. The van der Waals surface area contributed by atoms with Crippen molar-refractivity contribution in [2.75, 3.05) is 28.9 Å². The Morgan fingerprint density at radius 1 is 1.18 bits per heavy atom. The molecule has 40 heavy (non-hydrogen) atoms. The third-order valence-electron chi connectivity index (χ3n) is 6.68. The molecular formula is C26H33FN6O5SSi. The van der Waals surface area contributed by atoms with Crippen LogP contribution in [-0.2, 0) is 39.5 Å². The van der Waals surface area contributed by atoms with E-state index in [2.05, 4.69) is 29.7 Å². The molecule has 3 aromatic rings. The van der Waals surface area contributed by atoms with E-state index < -0.39 is 36.6 Å². The van der Waals surface area contributed by atoms with E-state index in [1.807, 2.05) is 40.0 Å². The highest BCUT2D eigenvalue weighted by Crippen LogP contribution is 2.45. The molecule has 1 fully saturated rings. The zero-order valence-electron chi connectivity index (χ0n) is 23.0. The van der Waals surface area contributed by atoms with E-state index in [0.29, 0.717) is 42.6 Å². The summed E-state index contributed by atoms with van der Waals surface area (Å²) in [5.74, 6) is -0.453.